The van der Waals surface area contributed by atoms with Crippen molar-refractivity contribution in [3.63, 3.8) is 0 Å². The van der Waals surface area contributed by atoms with Crippen LogP contribution in [0.3, 0.4) is 0 Å². The number of aryl methyl sites for hydroxylation is 1. The van der Waals surface area contributed by atoms with Crippen LogP contribution in [0.2, 0.25) is 0 Å². The number of nitrogens with zero attached hydrogens (tertiary/aromatic N) is 3. The molecule has 36 heavy (non-hydrogen) atoms. The fraction of sp³-hybridized carbons (Fsp3) is 0.462. The minimum Gasteiger partial charge on any atom is -0.480 e. The number of carbonyl (C=O) groups is 2. The largest absolute Gasteiger partial charge is 0.480 e. The summed E-state index contributed by atoms with van der Waals surface area (Å²) in [4.78, 5) is 29.8. The van der Waals surface area contributed by atoms with E-state index in [1.54, 1.807) is 12.1 Å². The lowest BCUT2D eigenvalue weighted by atomic mass is 10.0. The monoisotopic (exact) mass is 514 g/mol. The van der Waals surface area contributed by atoms with E-state index < -0.39 is 34.0 Å². The SMILES string of the molecule is Cc1ccc(S(=O)(=O)N2CCC[C@H]2C(=O)N[C@@H](Cc2ccc(N3CCN(C)CC3)cc2)C(=O)O)cc1. The molecule has 0 aromatic heterocycles. The topological polar surface area (TPSA) is 110 Å². The lowest BCUT2D eigenvalue weighted by molar-refractivity contribution is -0.142. The summed E-state index contributed by atoms with van der Waals surface area (Å²) >= 11 is 0. The van der Waals surface area contributed by atoms with Gasteiger partial charge in [-0.25, -0.2) is 13.2 Å². The number of sulfonamides is 1. The molecule has 2 aliphatic heterocycles. The Bertz CT molecular complexity index is 1180. The average Bonchev–Trinajstić information content (AvgIpc) is 3.36. The zero-order valence-electron chi connectivity index (χ0n) is 20.8. The van der Waals surface area contributed by atoms with Crippen molar-refractivity contribution >= 4 is 27.6 Å². The fourth-order valence-electron chi connectivity index (χ4n) is 4.75. The van der Waals surface area contributed by atoms with Crippen molar-refractivity contribution in [2.24, 2.45) is 0 Å². The number of carboxylic acids is 1. The summed E-state index contributed by atoms with van der Waals surface area (Å²) in [5.74, 6) is -1.73. The molecule has 2 aliphatic rings. The molecule has 2 N–H and O–H groups in total. The molecule has 2 fully saturated rings. The first-order valence-corrected chi connectivity index (χ1v) is 13.7. The molecular formula is C26H34N4O5S. The summed E-state index contributed by atoms with van der Waals surface area (Å²) in [6, 6.07) is 12.1. The third-order valence-electron chi connectivity index (χ3n) is 6.99. The van der Waals surface area contributed by atoms with E-state index >= 15 is 0 Å². The normalized spacial score (nSPS) is 20.3. The van der Waals surface area contributed by atoms with E-state index in [2.05, 4.69) is 22.2 Å². The summed E-state index contributed by atoms with van der Waals surface area (Å²) in [5, 5.41) is 12.4. The summed E-state index contributed by atoms with van der Waals surface area (Å²) in [7, 11) is -1.77. The minimum absolute atomic E-state index is 0.113. The van der Waals surface area contributed by atoms with Gasteiger partial charge in [0.15, 0.2) is 0 Å². The van der Waals surface area contributed by atoms with E-state index in [1.165, 1.54) is 16.4 Å². The molecule has 0 radical (unpaired) electrons. The molecule has 2 atom stereocenters. The molecule has 0 unspecified atom stereocenters. The number of benzene rings is 2. The van der Waals surface area contributed by atoms with Gasteiger partial charge < -0.3 is 20.2 Å². The van der Waals surface area contributed by atoms with Gasteiger partial charge in [-0.05, 0) is 56.6 Å². The first-order chi connectivity index (χ1) is 17.1. The molecule has 2 heterocycles. The first kappa shape index (κ1) is 26.1. The summed E-state index contributed by atoms with van der Waals surface area (Å²) < 4.78 is 27.5. The number of rotatable bonds is 8. The maximum Gasteiger partial charge on any atom is 0.326 e. The Balaban J connectivity index is 1.42. The standard InChI is InChI=1S/C26H34N4O5S/c1-19-5-11-22(12-6-19)36(34,35)30-13-3-4-24(30)25(31)27-23(26(32)33)18-20-7-9-21(10-8-20)29-16-14-28(2)15-17-29/h5-12,23-24H,3-4,13-18H2,1-2H3,(H,27,31)(H,32,33)/t23-,24-/m0/s1. The third-order valence-corrected chi connectivity index (χ3v) is 8.92. The van der Waals surface area contributed by atoms with Crippen LogP contribution >= 0.6 is 0 Å². The number of anilines is 1. The van der Waals surface area contributed by atoms with E-state index in [9.17, 15) is 23.1 Å². The van der Waals surface area contributed by atoms with Crippen LogP contribution in [0.5, 0.6) is 0 Å². The molecule has 1 amide bonds. The quantitative estimate of drug-likeness (QED) is 0.552. The molecule has 2 aromatic rings. The van der Waals surface area contributed by atoms with E-state index in [-0.39, 0.29) is 17.9 Å². The number of hydrogen-bond acceptors (Lipinski definition) is 6. The number of amides is 1. The highest BCUT2D eigenvalue weighted by molar-refractivity contribution is 7.89. The molecule has 0 bridgehead atoms. The van der Waals surface area contributed by atoms with E-state index in [0.29, 0.717) is 12.8 Å². The van der Waals surface area contributed by atoms with Crippen molar-refractivity contribution in [3.05, 3.63) is 59.7 Å². The van der Waals surface area contributed by atoms with Gasteiger partial charge in [-0.15, -0.1) is 0 Å². The maximum absolute atomic E-state index is 13.2. The predicted molar refractivity (Wildman–Crippen MR) is 138 cm³/mol. The van der Waals surface area contributed by atoms with Gasteiger partial charge in [-0.2, -0.15) is 4.31 Å². The second kappa shape index (κ2) is 11.0. The van der Waals surface area contributed by atoms with Gasteiger partial charge in [-0.3, -0.25) is 4.79 Å². The van der Waals surface area contributed by atoms with Crippen molar-refractivity contribution in [1.29, 1.82) is 0 Å². The number of aliphatic carboxylic acids is 1. The summed E-state index contributed by atoms with van der Waals surface area (Å²) in [6.45, 7) is 5.95. The molecule has 0 saturated carbocycles. The van der Waals surface area contributed by atoms with Gasteiger partial charge in [0.1, 0.15) is 12.1 Å². The minimum atomic E-state index is -3.87. The second-order valence-corrected chi connectivity index (χ2v) is 11.5. The van der Waals surface area contributed by atoms with Gasteiger partial charge in [0, 0.05) is 44.8 Å². The van der Waals surface area contributed by atoms with Gasteiger partial charge >= 0.3 is 5.97 Å². The molecule has 2 aromatic carbocycles. The number of piperazine rings is 1. The van der Waals surface area contributed by atoms with Gasteiger partial charge in [0.2, 0.25) is 15.9 Å². The molecule has 9 nitrogen and oxygen atoms in total. The van der Waals surface area contributed by atoms with Crippen molar-refractivity contribution < 1.29 is 23.1 Å². The van der Waals surface area contributed by atoms with E-state index in [1.807, 2.05) is 31.2 Å². The number of carbonyl (C=O) groups excluding carboxylic acids is 1. The molecule has 2 saturated heterocycles. The van der Waals surface area contributed by atoms with Crippen LogP contribution < -0.4 is 10.2 Å². The van der Waals surface area contributed by atoms with Crippen LogP contribution in [0.25, 0.3) is 0 Å². The highest BCUT2D eigenvalue weighted by Crippen LogP contribution is 2.27. The predicted octanol–water partition coefficient (Wildman–Crippen LogP) is 1.71. The molecule has 10 heteroatoms. The molecule has 194 valence electrons. The van der Waals surface area contributed by atoms with Crippen LogP contribution in [0.15, 0.2) is 53.4 Å². The summed E-state index contributed by atoms with van der Waals surface area (Å²) in [5.41, 5.74) is 2.81. The molecule has 0 spiro atoms. The Morgan fingerprint density at radius 3 is 2.25 bits per heavy atom. The van der Waals surface area contributed by atoms with Crippen molar-refractivity contribution in [2.75, 3.05) is 44.7 Å². The van der Waals surface area contributed by atoms with Crippen molar-refractivity contribution in [1.82, 2.24) is 14.5 Å². The molecular weight excluding hydrogens is 480 g/mol. The Morgan fingerprint density at radius 2 is 1.64 bits per heavy atom. The van der Waals surface area contributed by atoms with Gasteiger partial charge in [0.05, 0.1) is 4.90 Å². The summed E-state index contributed by atoms with van der Waals surface area (Å²) in [6.07, 6.45) is 0.999. The zero-order chi connectivity index (χ0) is 25.9. The number of carboxylic acid groups (broad SMARTS) is 1. The second-order valence-electron chi connectivity index (χ2n) is 9.65. The molecule has 4 rings (SSSR count). The smallest absolute Gasteiger partial charge is 0.326 e. The van der Waals surface area contributed by atoms with Crippen LogP contribution in [0.4, 0.5) is 5.69 Å². The fourth-order valence-corrected chi connectivity index (χ4v) is 6.40. The average molecular weight is 515 g/mol. The lowest BCUT2D eigenvalue weighted by Gasteiger charge is -2.34. The highest BCUT2D eigenvalue weighted by atomic mass is 32.2. The van der Waals surface area contributed by atoms with Crippen LogP contribution in [-0.4, -0.2) is 86.5 Å². The lowest BCUT2D eigenvalue weighted by Crippen LogP contribution is -2.51. The van der Waals surface area contributed by atoms with Crippen molar-refractivity contribution in [3.8, 4) is 0 Å². The van der Waals surface area contributed by atoms with Crippen molar-refractivity contribution in [2.45, 2.75) is 43.2 Å². The first-order valence-electron chi connectivity index (χ1n) is 12.3. The van der Waals surface area contributed by atoms with Crippen LogP contribution in [0, 0.1) is 6.92 Å². The van der Waals surface area contributed by atoms with Gasteiger partial charge in [0.25, 0.3) is 0 Å². The van der Waals surface area contributed by atoms with Crippen LogP contribution in [-0.2, 0) is 26.0 Å². The number of hydrogen-bond donors (Lipinski definition) is 2. The third kappa shape index (κ3) is 5.88. The van der Waals surface area contributed by atoms with Gasteiger partial charge in [-0.1, -0.05) is 29.8 Å². The Kier molecular flexibility index (Phi) is 7.97. The van der Waals surface area contributed by atoms with E-state index in [0.717, 1.165) is 43.0 Å². The molecule has 0 aliphatic carbocycles. The zero-order valence-corrected chi connectivity index (χ0v) is 21.6. The van der Waals surface area contributed by atoms with Crippen LogP contribution in [0.1, 0.15) is 24.0 Å². The Morgan fingerprint density at radius 1 is 1.00 bits per heavy atom. The number of nitrogens with one attached hydrogen (secondary N) is 1. The highest BCUT2D eigenvalue weighted by Gasteiger charge is 2.40. The Hall–Kier alpha value is -2.95. The Labute approximate surface area is 212 Å². The number of likely N-dealkylation sites (N-methyl/N-ethyl adjacent to an activating group) is 1. The maximum atomic E-state index is 13.2. The van der Waals surface area contributed by atoms with E-state index in [4.69, 9.17) is 0 Å².